The average Bonchev–Trinajstić information content (AvgIpc) is 2.85. The van der Waals surface area contributed by atoms with Gasteiger partial charge in [0.25, 0.3) is 0 Å². The molecule has 0 saturated heterocycles. The molecule has 0 aliphatic rings. The fourth-order valence-corrected chi connectivity index (χ4v) is 3.58. The van der Waals surface area contributed by atoms with Crippen LogP contribution >= 0.6 is 11.6 Å². The molecule has 1 aromatic heterocycles. The maximum absolute atomic E-state index is 14.4. The SMILES string of the molecule is COC(=O)[C@H](C)N(C)Cc1cc(F)c(Cl)cc1Nc1ncnc2cc(OC)c(OCCCN)cc12. The van der Waals surface area contributed by atoms with E-state index in [0.29, 0.717) is 59.0 Å². The predicted molar refractivity (Wildman–Crippen MR) is 133 cm³/mol. The zero-order chi connectivity index (χ0) is 25.5. The molecule has 1 atom stereocenters. The van der Waals surface area contributed by atoms with E-state index in [2.05, 4.69) is 15.3 Å². The molecular weight excluding hydrogens is 477 g/mol. The van der Waals surface area contributed by atoms with Crippen LogP contribution in [0.15, 0.2) is 30.6 Å². The average molecular weight is 506 g/mol. The van der Waals surface area contributed by atoms with Crippen LogP contribution in [0.4, 0.5) is 15.9 Å². The Labute approximate surface area is 208 Å². The van der Waals surface area contributed by atoms with Gasteiger partial charge in [-0.05, 0) is 50.7 Å². The third-order valence-corrected chi connectivity index (χ3v) is 5.84. The molecule has 0 aliphatic carbocycles. The Balaban J connectivity index is 2.00. The topological polar surface area (TPSA) is 112 Å². The van der Waals surface area contributed by atoms with E-state index in [4.69, 9.17) is 31.5 Å². The molecule has 35 heavy (non-hydrogen) atoms. The van der Waals surface area contributed by atoms with Crippen molar-refractivity contribution in [2.45, 2.75) is 25.9 Å². The van der Waals surface area contributed by atoms with E-state index in [9.17, 15) is 9.18 Å². The number of likely N-dealkylation sites (N-methyl/N-ethyl adjacent to an activating group) is 1. The van der Waals surface area contributed by atoms with E-state index in [-0.39, 0.29) is 11.6 Å². The number of hydrogen-bond donors (Lipinski definition) is 2. The summed E-state index contributed by atoms with van der Waals surface area (Å²) < 4.78 is 30.5. The van der Waals surface area contributed by atoms with Gasteiger partial charge < -0.3 is 25.3 Å². The Kier molecular flexibility index (Phi) is 9.02. The molecule has 0 fully saturated rings. The van der Waals surface area contributed by atoms with E-state index in [1.807, 2.05) is 0 Å². The smallest absolute Gasteiger partial charge is 0.322 e. The number of methoxy groups -OCH3 is 2. The Morgan fingerprint density at radius 1 is 1.23 bits per heavy atom. The number of rotatable bonds is 11. The lowest BCUT2D eigenvalue weighted by Gasteiger charge is -2.24. The van der Waals surface area contributed by atoms with Gasteiger partial charge in [0.05, 0.1) is 31.4 Å². The molecule has 0 aliphatic heterocycles. The quantitative estimate of drug-likeness (QED) is 0.296. The lowest BCUT2D eigenvalue weighted by molar-refractivity contribution is -0.145. The van der Waals surface area contributed by atoms with Gasteiger partial charge in [0.15, 0.2) is 11.5 Å². The number of nitrogens with two attached hydrogens (primary N) is 1. The Morgan fingerprint density at radius 3 is 2.69 bits per heavy atom. The summed E-state index contributed by atoms with van der Waals surface area (Å²) in [5.41, 5.74) is 7.30. The minimum atomic E-state index is -0.570. The van der Waals surface area contributed by atoms with Crippen LogP contribution in [-0.2, 0) is 16.1 Å². The highest BCUT2D eigenvalue weighted by Crippen LogP contribution is 2.36. The Bertz CT molecular complexity index is 1200. The zero-order valence-corrected chi connectivity index (χ0v) is 20.9. The van der Waals surface area contributed by atoms with Crippen LogP contribution in [0.3, 0.4) is 0 Å². The van der Waals surface area contributed by atoms with Gasteiger partial charge in [0.2, 0.25) is 0 Å². The molecule has 1 heterocycles. The monoisotopic (exact) mass is 505 g/mol. The number of aromatic nitrogens is 2. The van der Waals surface area contributed by atoms with Crippen LogP contribution in [0.25, 0.3) is 10.9 Å². The van der Waals surface area contributed by atoms with Crippen LogP contribution in [0.1, 0.15) is 18.9 Å². The number of esters is 1. The van der Waals surface area contributed by atoms with Gasteiger partial charge in [-0.1, -0.05) is 11.6 Å². The summed E-state index contributed by atoms with van der Waals surface area (Å²) in [6.07, 6.45) is 2.10. The van der Waals surface area contributed by atoms with E-state index in [1.54, 1.807) is 38.1 Å². The molecule has 3 N–H and O–H groups in total. The predicted octanol–water partition coefficient (Wildman–Crippen LogP) is 3.90. The Hall–Kier alpha value is -3.21. The second kappa shape index (κ2) is 12.0. The van der Waals surface area contributed by atoms with E-state index < -0.39 is 17.8 Å². The number of hydrogen-bond acceptors (Lipinski definition) is 9. The third kappa shape index (κ3) is 6.27. The maximum Gasteiger partial charge on any atom is 0.322 e. The van der Waals surface area contributed by atoms with Gasteiger partial charge >= 0.3 is 5.97 Å². The summed E-state index contributed by atoms with van der Waals surface area (Å²) in [5, 5.41) is 3.86. The molecule has 11 heteroatoms. The van der Waals surface area contributed by atoms with E-state index in [1.165, 1.54) is 25.6 Å². The fourth-order valence-electron chi connectivity index (χ4n) is 3.42. The summed E-state index contributed by atoms with van der Waals surface area (Å²) in [6.45, 7) is 2.89. The molecule has 0 unspecified atom stereocenters. The van der Waals surface area contributed by atoms with Crippen LogP contribution in [0, 0.1) is 5.82 Å². The summed E-state index contributed by atoms with van der Waals surface area (Å²) in [4.78, 5) is 22.4. The molecular formula is C24H29ClFN5O4. The number of ether oxygens (including phenoxy) is 3. The molecule has 0 bridgehead atoms. The van der Waals surface area contributed by atoms with Crippen LogP contribution in [-0.4, -0.2) is 61.3 Å². The number of halogens is 2. The third-order valence-electron chi connectivity index (χ3n) is 5.55. The summed E-state index contributed by atoms with van der Waals surface area (Å²) in [5.74, 6) is 0.556. The summed E-state index contributed by atoms with van der Waals surface area (Å²) >= 11 is 6.10. The molecule has 3 aromatic rings. The van der Waals surface area contributed by atoms with Gasteiger partial charge in [-0.15, -0.1) is 0 Å². The molecule has 0 spiro atoms. The number of benzene rings is 2. The number of fused-ring (bicyclic) bond motifs is 1. The zero-order valence-electron chi connectivity index (χ0n) is 20.1. The van der Waals surface area contributed by atoms with Crippen molar-refractivity contribution in [1.82, 2.24) is 14.9 Å². The number of carbonyl (C=O) groups is 1. The second-order valence-corrected chi connectivity index (χ2v) is 8.30. The highest BCUT2D eigenvalue weighted by Gasteiger charge is 2.21. The van der Waals surface area contributed by atoms with Crippen molar-refractivity contribution in [3.05, 3.63) is 47.0 Å². The van der Waals surface area contributed by atoms with Gasteiger partial charge in [-0.3, -0.25) is 9.69 Å². The van der Waals surface area contributed by atoms with Crippen molar-refractivity contribution in [3.63, 3.8) is 0 Å². The highest BCUT2D eigenvalue weighted by atomic mass is 35.5. The minimum Gasteiger partial charge on any atom is -0.493 e. The first kappa shape index (κ1) is 26.4. The van der Waals surface area contributed by atoms with Crippen LogP contribution in [0.5, 0.6) is 11.5 Å². The molecule has 0 saturated carbocycles. The number of nitrogens with one attached hydrogen (secondary N) is 1. The first-order valence-electron chi connectivity index (χ1n) is 11.0. The van der Waals surface area contributed by atoms with Gasteiger partial charge in [-0.25, -0.2) is 14.4 Å². The lowest BCUT2D eigenvalue weighted by atomic mass is 10.1. The minimum absolute atomic E-state index is 0.0502. The van der Waals surface area contributed by atoms with Gasteiger partial charge in [0, 0.05) is 23.7 Å². The second-order valence-electron chi connectivity index (χ2n) is 7.90. The van der Waals surface area contributed by atoms with Crippen molar-refractivity contribution < 1.29 is 23.4 Å². The molecule has 9 nitrogen and oxygen atoms in total. The van der Waals surface area contributed by atoms with Crippen LogP contribution in [0.2, 0.25) is 5.02 Å². The summed E-state index contributed by atoms with van der Waals surface area (Å²) in [6, 6.07) is 5.82. The maximum atomic E-state index is 14.4. The molecule has 188 valence electrons. The number of anilines is 2. The van der Waals surface area contributed by atoms with Crippen molar-refractivity contribution in [2.75, 3.05) is 39.7 Å². The van der Waals surface area contributed by atoms with Gasteiger partial charge in [-0.2, -0.15) is 0 Å². The van der Waals surface area contributed by atoms with Crippen molar-refractivity contribution >= 4 is 40.0 Å². The number of nitrogens with zero attached hydrogens (tertiary/aromatic N) is 3. The van der Waals surface area contributed by atoms with Crippen LogP contribution < -0.4 is 20.5 Å². The fraction of sp³-hybridized carbons (Fsp3) is 0.375. The van der Waals surface area contributed by atoms with Crippen molar-refractivity contribution in [1.29, 1.82) is 0 Å². The van der Waals surface area contributed by atoms with Crippen molar-refractivity contribution in [3.8, 4) is 11.5 Å². The number of carbonyl (C=O) groups excluding carboxylic acids is 1. The largest absolute Gasteiger partial charge is 0.493 e. The molecule has 3 rings (SSSR count). The summed E-state index contributed by atoms with van der Waals surface area (Å²) in [7, 11) is 4.62. The van der Waals surface area contributed by atoms with Gasteiger partial charge in [0.1, 0.15) is 24.0 Å². The highest BCUT2D eigenvalue weighted by molar-refractivity contribution is 6.31. The molecule has 0 radical (unpaired) electrons. The first-order valence-corrected chi connectivity index (χ1v) is 11.4. The Morgan fingerprint density at radius 2 is 2.00 bits per heavy atom. The van der Waals surface area contributed by atoms with E-state index in [0.717, 1.165) is 0 Å². The standard InChI is InChI=1S/C24H29ClFN5O4/c1-14(24(32)34-4)31(2)12-15-8-18(26)17(25)10-19(15)30-23-16-9-22(35-7-5-6-27)21(33-3)11-20(16)28-13-29-23/h8-11,13-14H,5-7,12,27H2,1-4H3,(H,28,29,30)/t14-/m0/s1. The van der Waals surface area contributed by atoms with Crippen molar-refractivity contribution in [2.24, 2.45) is 5.73 Å². The normalized spacial score (nSPS) is 12.0. The van der Waals surface area contributed by atoms with E-state index >= 15 is 0 Å². The lowest BCUT2D eigenvalue weighted by Crippen LogP contribution is -2.36. The first-order chi connectivity index (χ1) is 16.8. The molecule has 0 amide bonds. The molecule has 2 aromatic carbocycles.